The van der Waals surface area contributed by atoms with E-state index in [2.05, 4.69) is 0 Å². The highest BCUT2D eigenvalue weighted by Crippen LogP contribution is 2.30. The molecule has 2 aromatic rings. The molecule has 5 heteroatoms. The molecule has 2 rings (SSSR count). The summed E-state index contributed by atoms with van der Waals surface area (Å²) in [5, 5.41) is 10.8. The van der Waals surface area contributed by atoms with Crippen LogP contribution < -0.4 is 4.74 Å². The van der Waals surface area contributed by atoms with Crippen molar-refractivity contribution in [3.05, 3.63) is 63.4 Å². The van der Waals surface area contributed by atoms with Crippen LogP contribution in [0.25, 0.3) is 0 Å². The van der Waals surface area contributed by atoms with Gasteiger partial charge in [0, 0.05) is 17.0 Å². The summed E-state index contributed by atoms with van der Waals surface area (Å²) in [4.78, 5) is 0. The number of aliphatic hydroxyl groups is 1. The number of rotatable bonds is 4. The van der Waals surface area contributed by atoms with E-state index >= 15 is 0 Å². The molecule has 0 fully saturated rings. The molecular formula is C15H13Cl2FO2. The van der Waals surface area contributed by atoms with Gasteiger partial charge >= 0.3 is 0 Å². The first-order chi connectivity index (χ1) is 9.51. The first-order valence-electron chi connectivity index (χ1n) is 5.96. The molecule has 0 aliphatic heterocycles. The molecule has 20 heavy (non-hydrogen) atoms. The lowest BCUT2D eigenvalue weighted by atomic mass is 10.0. The van der Waals surface area contributed by atoms with E-state index in [-0.39, 0.29) is 11.4 Å². The lowest BCUT2D eigenvalue weighted by Crippen LogP contribution is -2.04. The number of aliphatic hydroxyl groups excluding tert-OH is 1. The molecular weight excluding hydrogens is 302 g/mol. The zero-order valence-corrected chi connectivity index (χ0v) is 12.2. The third-order valence-electron chi connectivity index (χ3n) is 2.96. The molecule has 0 bridgehead atoms. The van der Waals surface area contributed by atoms with E-state index in [0.29, 0.717) is 21.9 Å². The van der Waals surface area contributed by atoms with E-state index in [1.807, 2.05) is 0 Å². The fourth-order valence-corrected chi connectivity index (χ4v) is 2.26. The van der Waals surface area contributed by atoms with Gasteiger partial charge in [0.1, 0.15) is 11.6 Å². The summed E-state index contributed by atoms with van der Waals surface area (Å²) in [6.07, 6.45) is -0.602. The fraction of sp³-hybridized carbons (Fsp3) is 0.200. The second-order valence-corrected chi connectivity index (χ2v) is 5.20. The predicted molar refractivity (Wildman–Crippen MR) is 78.1 cm³/mol. The highest BCUT2D eigenvalue weighted by Gasteiger charge is 2.15. The average Bonchev–Trinajstić information content (AvgIpc) is 2.43. The van der Waals surface area contributed by atoms with Gasteiger partial charge in [0.15, 0.2) is 0 Å². The minimum Gasteiger partial charge on any atom is -0.496 e. The lowest BCUT2D eigenvalue weighted by Gasteiger charge is -2.15. The first kappa shape index (κ1) is 15.1. The van der Waals surface area contributed by atoms with E-state index in [0.717, 1.165) is 0 Å². The van der Waals surface area contributed by atoms with Crippen LogP contribution in [0.2, 0.25) is 10.0 Å². The second kappa shape index (κ2) is 6.44. The van der Waals surface area contributed by atoms with Crippen LogP contribution in [0.15, 0.2) is 36.4 Å². The molecule has 0 aliphatic carbocycles. The summed E-state index contributed by atoms with van der Waals surface area (Å²) in [7, 11) is 1.52. The molecule has 2 aromatic carbocycles. The first-order valence-corrected chi connectivity index (χ1v) is 6.72. The Bertz CT molecular complexity index is 617. The van der Waals surface area contributed by atoms with Crippen LogP contribution in [0.4, 0.5) is 4.39 Å². The van der Waals surface area contributed by atoms with Crippen molar-refractivity contribution in [3.8, 4) is 5.75 Å². The summed E-state index contributed by atoms with van der Waals surface area (Å²) in [5.41, 5.74) is 1.21. The summed E-state index contributed by atoms with van der Waals surface area (Å²) in [6.45, 7) is 0. The SMILES string of the molecule is COc1ccc(Cl)cc1C(O)Cc1ccc(Cl)c(F)c1. The van der Waals surface area contributed by atoms with Gasteiger partial charge in [-0.1, -0.05) is 29.3 Å². The Labute approximate surface area is 126 Å². The summed E-state index contributed by atoms with van der Waals surface area (Å²) >= 11 is 11.6. The van der Waals surface area contributed by atoms with Crippen LogP contribution >= 0.6 is 23.2 Å². The summed E-state index contributed by atoms with van der Waals surface area (Å²) in [5.74, 6) is 0.0331. The fourth-order valence-electron chi connectivity index (χ4n) is 1.97. The van der Waals surface area contributed by atoms with E-state index in [9.17, 15) is 9.50 Å². The molecule has 2 nitrogen and oxygen atoms in total. The van der Waals surface area contributed by atoms with E-state index in [1.165, 1.54) is 19.2 Å². The van der Waals surface area contributed by atoms with Crippen molar-refractivity contribution in [2.24, 2.45) is 0 Å². The lowest BCUT2D eigenvalue weighted by molar-refractivity contribution is 0.174. The zero-order chi connectivity index (χ0) is 14.7. The van der Waals surface area contributed by atoms with Crippen molar-refractivity contribution in [2.75, 3.05) is 7.11 Å². The van der Waals surface area contributed by atoms with Crippen molar-refractivity contribution in [2.45, 2.75) is 12.5 Å². The average molecular weight is 315 g/mol. The molecule has 106 valence electrons. The molecule has 0 aromatic heterocycles. The van der Waals surface area contributed by atoms with E-state index < -0.39 is 11.9 Å². The van der Waals surface area contributed by atoms with Crippen molar-refractivity contribution in [3.63, 3.8) is 0 Å². The van der Waals surface area contributed by atoms with Gasteiger partial charge in [-0.25, -0.2) is 4.39 Å². The van der Waals surface area contributed by atoms with Crippen molar-refractivity contribution in [1.82, 2.24) is 0 Å². The van der Waals surface area contributed by atoms with Gasteiger partial charge in [-0.2, -0.15) is 0 Å². The maximum absolute atomic E-state index is 13.4. The molecule has 0 saturated heterocycles. The normalized spacial score (nSPS) is 12.2. The van der Waals surface area contributed by atoms with Crippen LogP contribution in [0.3, 0.4) is 0 Å². The van der Waals surface area contributed by atoms with Crippen LogP contribution in [0.1, 0.15) is 17.2 Å². The third-order valence-corrected chi connectivity index (χ3v) is 3.51. The van der Waals surface area contributed by atoms with Gasteiger partial charge in [-0.05, 0) is 35.9 Å². The number of halogens is 3. The van der Waals surface area contributed by atoms with Crippen LogP contribution in [0, 0.1) is 5.82 Å². The van der Waals surface area contributed by atoms with Crippen LogP contribution in [-0.4, -0.2) is 12.2 Å². The Morgan fingerprint density at radius 3 is 2.60 bits per heavy atom. The van der Waals surface area contributed by atoms with Gasteiger partial charge in [0.05, 0.1) is 18.2 Å². The Hall–Kier alpha value is -1.29. The maximum Gasteiger partial charge on any atom is 0.142 e. The zero-order valence-electron chi connectivity index (χ0n) is 10.7. The number of benzene rings is 2. The quantitative estimate of drug-likeness (QED) is 0.905. The number of hydrogen-bond donors (Lipinski definition) is 1. The van der Waals surface area contributed by atoms with Crippen molar-refractivity contribution in [1.29, 1.82) is 0 Å². The van der Waals surface area contributed by atoms with Crippen molar-refractivity contribution < 1.29 is 14.2 Å². The largest absolute Gasteiger partial charge is 0.496 e. The highest BCUT2D eigenvalue weighted by atomic mass is 35.5. The molecule has 0 heterocycles. The number of ether oxygens (including phenoxy) is 1. The maximum atomic E-state index is 13.4. The van der Waals surface area contributed by atoms with Gasteiger partial charge in [-0.15, -0.1) is 0 Å². The minimum absolute atomic E-state index is 0.0589. The molecule has 0 spiro atoms. The van der Waals surface area contributed by atoms with E-state index in [1.54, 1.807) is 24.3 Å². The molecule has 1 unspecified atom stereocenters. The van der Waals surface area contributed by atoms with Gasteiger partial charge in [-0.3, -0.25) is 0 Å². The second-order valence-electron chi connectivity index (χ2n) is 4.35. The summed E-state index contributed by atoms with van der Waals surface area (Å²) < 4.78 is 18.6. The molecule has 0 radical (unpaired) electrons. The summed E-state index contributed by atoms with van der Waals surface area (Å²) in [6, 6.07) is 9.45. The topological polar surface area (TPSA) is 29.5 Å². The molecule has 1 N–H and O–H groups in total. The molecule has 0 saturated carbocycles. The van der Waals surface area contributed by atoms with Gasteiger partial charge < -0.3 is 9.84 Å². The smallest absolute Gasteiger partial charge is 0.142 e. The number of hydrogen-bond acceptors (Lipinski definition) is 2. The third kappa shape index (κ3) is 3.42. The van der Waals surface area contributed by atoms with Gasteiger partial charge in [0.25, 0.3) is 0 Å². The van der Waals surface area contributed by atoms with Crippen LogP contribution in [-0.2, 0) is 6.42 Å². The van der Waals surface area contributed by atoms with Crippen LogP contribution in [0.5, 0.6) is 5.75 Å². The minimum atomic E-state index is -0.843. The predicted octanol–water partition coefficient (Wildman–Crippen LogP) is 4.42. The molecule has 1 atom stereocenters. The van der Waals surface area contributed by atoms with Crippen molar-refractivity contribution >= 4 is 23.2 Å². The monoisotopic (exact) mass is 314 g/mol. The Morgan fingerprint density at radius 1 is 1.20 bits per heavy atom. The number of methoxy groups -OCH3 is 1. The Morgan fingerprint density at radius 2 is 1.95 bits per heavy atom. The highest BCUT2D eigenvalue weighted by molar-refractivity contribution is 6.31. The Balaban J connectivity index is 2.25. The molecule has 0 amide bonds. The Kier molecular flexibility index (Phi) is 4.86. The van der Waals surface area contributed by atoms with Gasteiger partial charge in [0.2, 0.25) is 0 Å². The van der Waals surface area contributed by atoms with E-state index in [4.69, 9.17) is 27.9 Å². The molecule has 0 aliphatic rings. The standard InChI is InChI=1S/C15H13Cl2FO2/c1-20-15-5-3-10(16)8-11(15)14(19)7-9-2-4-12(17)13(18)6-9/h2-6,8,14,19H,7H2,1H3.